The van der Waals surface area contributed by atoms with Crippen molar-refractivity contribution in [1.29, 1.82) is 0 Å². The van der Waals surface area contributed by atoms with Crippen molar-refractivity contribution >= 4 is 12.0 Å². The number of aliphatic hydroxyl groups is 1. The van der Waals surface area contributed by atoms with Gasteiger partial charge in [0.1, 0.15) is 0 Å². The number of nitrogens with zero attached hydrogens (tertiary/aromatic N) is 1. The summed E-state index contributed by atoms with van der Waals surface area (Å²) < 4.78 is 4.64. The van der Waals surface area contributed by atoms with Crippen molar-refractivity contribution in [2.24, 2.45) is 5.92 Å². The summed E-state index contributed by atoms with van der Waals surface area (Å²) in [4.78, 5) is 24.6. The molecule has 1 atom stereocenters. The quantitative estimate of drug-likeness (QED) is 0.744. The van der Waals surface area contributed by atoms with Crippen LogP contribution in [0.2, 0.25) is 0 Å². The number of nitrogens with one attached hydrogen (secondary N) is 1. The number of ether oxygens (including phenoxy) is 1. The Bertz CT molecular complexity index is 281. The van der Waals surface area contributed by atoms with Gasteiger partial charge in [-0.15, -0.1) is 0 Å². The SMILES string of the molecule is CCOC(=O)NC(=O)CN1CCCC(CCO)C1. The monoisotopic (exact) mass is 258 g/mol. The lowest BCUT2D eigenvalue weighted by Crippen LogP contribution is -2.44. The molecule has 1 aliphatic heterocycles. The predicted octanol–water partition coefficient (Wildman–Crippen LogP) is 0.353. The fourth-order valence-corrected chi connectivity index (χ4v) is 2.24. The topological polar surface area (TPSA) is 78.9 Å². The third kappa shape index (κ3) is 5.46. The molecule has 1 fully saturated rings. The lowest BCUT2D eigenvalue weighted by atomic mass is 9.95. The van der Waals surface area contributed by atoms with Crippen LogP contribution < -0.4 is 5.32 Å². The molecule has 2 amide bonds. The maximum Gasteiger partial charge on any atom is 0.413 e. The zero-order valence-electron chi connectivity index (χ0n) is 10.9. The van der Waals surface area contributed by atoms with Crippen molar-refractivity contribution in [2.75, 3.05) is 32.8 Å². The van der Waals surface area contributed by atoms with Crippen LogP contribution in [0.1, 0.15) is 26.2 Å². The second-order valence-electron chi connectivity index (χ2n) is 4.52. The second kappa shape index (κ2) is 8.05. The van der Waals surface area contributed by atoms with E-state index in [0.29, 0.717) is 5.92 Å². The molecule has 6 nitrogen and oxygen atoms in total. The van der Waals surface area contributed by atoms with Crippen molar-refractivity contribution in [3.8, 4) is 0 Å². The fourth-order valence-electron chi connectivity index (χ4n) is 2.24. The number of imide groups is 1. The van der Waals surface area contributed by atoms with Gasteiger partial charge in [-0.25, -0.2) is 4.79 Å². The molecular formula is C12H22N2O4. The van der Waals surface area contributed by atoms with E-state index in [2.05, 4.69) is 10.1 Å². The molecule has 1 unspecified atom stereocenters. The average Bonchev–Trinajstić information content (AvgIpc) is 2.29. The standard InChI is InChI=1S/C12H22N2O4/c1-2-18-12(17)13-11(16)9-14-6-3-4-10(8-14)5-7-15/h10,15H,2-9H2,1H3,(H,13,16,17). The van der Waals surface area contributed by atoms with Gasteiger partial charge >= 0.3 is 6.09 Å². The number of likely N-dealkylation sites (tertiary alicyclic amines) is 1. The lowest BCUT2D eigenvalue weighted by Gasteiger charge is -2.31. The number of amides is 2. The zero-order chi connectivity index (χ0) is 13.4. The predicted molar refractivity (Wildman–Crippen MR) is 66.0 cm³/mol. The summed E-state index contributed by atoms with van der Waals surface area (Å²) in [5.74, 6) is 0.109. The summed E-state index contributed by atoms with van der Waals surface area (Å²) in [6.45, 7) is 4.00. The maximum absolute atomic E-state index is 11.6. The van der Waals surface area contributed by atoms with E-state index in [4.69, 9.17) is 5.11 Å². The molecule has 6 heteroatoms. The van der Waals surface area contributed by atoms with Crippen LogP contribution >= 0.6 is 0 Å². The molecule has 0 spiro atoms. The van der Waals surface area contributed by atoms with Gasteiger partial charge in [0, 0.05) is 13.2 Å². The van der Waals surface area contributed by atoms with E-state index in [1.165, 1.54) is 0 Å². The first kappa shape index (κ1) is 14.9. The molecule has 1 aliphatic rings. The Hall–Kier alpha value is -1.14. The van der Waals surface area contributed by atoms with Crippen molar-refractivity contribution in [3.63, 3.8) is 0 Å². The summed E-state index contributed by atoms with van der Waals surface area (Å²) in [6.07, 6.45) is 2.20. The Morgan fingerprint density at radius 2 is 2.28 bits per heavy atom. The largest absolute Gasteiger partial charge is 0.450 e. The molecule has 0 aromatic carbocycles. The van der Waals surface area contributed by atoms with Gasteiger partial charge in [0.25, 0.3) is 0 Å². The van der Waals surface area contributed by atoms with Crippen LogP contribution in [0, 0.1) is 5.92 Å². The maximum atomic E-state index is 11.6. The van der Waals surface area contributed by atoms with E-state index in [9.17, 15) is 9.59 Å². The second-order valence-corrected chi connectivity index (χ2v) is 4.52. The molecule has 0 aromatic heterocycles. The number of alkyl carbamates (subject to hydrolysis) is 1. The average molecular weight is 258 g/mol. The van der Waals surface area contributed by atoms with Gasteiger partial charge in [-0.2, -0.15) is 0 Å². The number of hydrogen-bond acceptors (Lipinski definition) is 5. The van der Waals surface area contributed by atoms with Crippen molar-refractivity contribution < 1.29 is 19.4 Å². The number of rotatable bonds is 5. The number of aliphatic hydroxyl groups excluding tert-OH is 1. The minimum atomic E-state index is -0.689. The first-order valence-electron chi connectivity index (χ1n) is 6.45. The third-order valence-electron chi connectivity index (χ3n) is 3.02. The molecule has 0 aliphatic carbocycles. The van der Waals surface area contributed by atoms with Crippen LogP contribution in [0.3, 0.4) is 0 Å². The Morgan fingerprint density at radius 1 is 1.50 bits per heavy atom. The molecule has 1 heterocycles. The van der Waals surface area contributed by atoms with Crippen LogP contribution in [0.5, 0.6) is 0 Å². The molecule has 0 aromatic rings. The minimum Gasteiger partial charge on any atom is -0.450 e. The Balaban J connectivity index is 2.28. The van der Waals surface area contributed by atoms with Gasteiger partial charge in [0.05, 0.1) is 13.2 Å². The summed E-state index contributed by atoms with van der Waals surface area (Å²) in [7, 11) is 0. The van der Waals surface area contributed by atoms with Crippen molar-refractivity contribution in [1.82, 2.24) is 10.2 Å². The molecule has 18 heavy (non-hydrogen) atoms. The Labute approximate surface area is 107 Å². The van der Waals surface area contributed by atoms with Crippen molar-refractivity contribution in [2.45, 2.75) is 26.2 Å². The summed E-state index contributed by atoms with van der Waals surface area (Å²) >= 11 is 0. The van der Waals surface area contributed by atoms with Gasteiger partial charge in [0.15, 0.2) is 0 Å². The first-order valence-corrected chi connectivity index (χ1v) is 6.45. The van der Waals surface area contributed by atoms with Crippen LogP contribution in [0.4, 0.5) is 4.79 Å². The molecule has 0 saturated carbocycles. The summed E-state index contributed by atoms with van der Waals surface area (Å²) in [6, 6.07) is 0. The van der Waals surface area contributed by atoms with Gasteiger partial charge in [-0.1, -0.05) is 0 Å². The number of carbonyl (C=O) groups excluding carboxylic acids is 2. The smallest absolute Gasteiger partial charge is 0.413 e. The van der Waals surface area contributed by atoms with Gasteiger partial charge in [-0.05, 0) is 38.6 Å². The fraction of sp³-hybridized carbons (Fsp3) is 0.833. The number of piperidine rings is 1. The minimum absolute atomic E-state index is 0.188. The van der Waals surface area contributed by atoms with Crippen LogP contribution in [-0.4, -0.2) is 54.9 Å². The molecule has 2 N–H and O–H groups in total. The van der Waals surface area contributed by atoms with Crippen LogP contribution in [-0.2, 0) is 9.53 Å². The van der Waals surface area contributed by atoms with E-state index < -0.39 is 6.09 Å². The van der Waals surface area contributed by atoms with E-state index in [-0.39, 0.29) is 25.7 Å². The normalized spacial score (nSPS) is 20.4. The summed E-state index contributed by atoms with van der Waals surface area (Å²) in [5.41, 5.74) is 0. The molecule has 104 valence electrons. The zero-order valence-corrected chi connectivity index (χ0v) is 10.9. The van der Waals surface area contributed by atoms with Gasteiger partial charge < -0.3 is 9.84 Å². The molecule has 0 bridgehead atoms. The molecule has 1 saturated heterocycles. The van der Waals surface area contributed by atoms with Crippen LogP contribution in [0.25, 0.3) is 0 Å². The van der Waals surface area contributed by atoms with Crippen LogP contribution in [0.15, 0.2) is 0 Å². The third-order valence-corrected chi connectivity index (χ3v) is 3.02. The number of hydrogen-bond donors (Lipinski definition) is 2. The highest BCUT2D eigenvalue weighted by Gasteiger charge is 2.21. The van der Waals surface area contributed by atoms with Gasteiger partial charge in [0.2, 0.25) is 5.91 Å². The van der Waals surface area contributed by atoms with Gasteiger partial charge in [-0.3, -0.25) is 15.0 Å². The van der Waals surface area contributed by atoms with E-state index in [0.717, 1.165) is 32.4 Å². The highest BCUT2D eigenvalue weighted by Crippen LogP contribution is 2.18. The van der Waals surface area contributed by atoms with E-state index in [1.54, 1.807) is 6.92 Å². The Kier molecular flexibility index (Phi) is 6.67. The van der Waals surface area contributed by atoms with E-state index >= 15 is 0 Å². The summed E-state index contributed by atoms with van der Waals surface area (Å²) in [5, 5.41) is 11.1. The lowest BCUT2D eigenvalue weighted by molar-refractivity contribution is -0.122. The highest BCUT2D eigenvalue weighted by atomic mass is 16.5. The first-order chi connectivity index (χ1) is 8.65. The van der Waals surface area contributed by atoms with Crippen molar-refractivity contribution in [3.05, 3.63) is 0 Å². The Morgan fingerprint density at radius 3 is 2.94 bits per heavy atom. The molecule has 1 rings (SSSR count). The van der Waals surface area contributed by atoms with E-state index in [1.807, 2.05) is 4.90 Å². The highest BCUT2D eigenvalue weighted by molar-refractivity contribution is 5.92. The molecule has 0 radical (unpaired) electrons. The molecular weight excluding hydrogens is 236 g/mol. The number of carbonyl (C=O) groups is 2.